The number of nitrogens with one attached hydrogen (secondary N) is 2. The maximum absolute atomic E-state index is 12.1. The van der Waals surface area contributed by atoms with Gasteiger partial charge in [-0.2, -0.15) is 0 Å². The first kappa shape index (κ1) is 19.0. The Morgan fingerprint density at radius 1 is 1.26 bits per heavy atom. The summed E-state index contributed by atoms with van der Waals surface area (Å²) in [7, 11) is 2.16. The Kier molecular flexibility index (Phi) is 8.99. The average molecular weight is 312 g/mol. The minimum atomic E-state index is 0. The van der Waals surface area contributed by atoms with Crippen molar-refractivity contribution in [1.82, 2.24) is 15.5 Å². The van der Waals surface area contributed by atoms with Crippen LogP contribution in [-0.2, 0) is 4.79 Å². The Morgan fingerprint density at radius 3 is 2.58 bits per heavy atom. The third-order valence-electron chi connectivity index (χ3n) is 4.18. The zero-order valence-electron chi connectivity index (χ0n) is 11.9. The van der Waals surface area contributed by atoms with Crippen LogP contribution >= 0.6 is 24.8 Å². The van der Waals surface area contributed by atoms with Crippen molar-refractivity contribution >= 4 is 30.7 Å². The molecule has 19 heavy (non-hydrogen) atoms. The zero-order valence-corrected chi connectivity index (χ0v) is 13.5. The van der Waals surface area contributed by atoms with Crippen LogP contribution < -0.4 is 10.6 Å². The van der Waals surface area contributed by atoms with Crippen LogP contribution in [0, 0.1) is 0 Å². The molecule has 3 atom stereocenters. The minimum Gasteiger partial charge on any atom is -0.352 e. The van der Waals surface area contributed by atoms with Gasteiger partial charge >= 0.3 is 0 Å². The van der Waals surface area contributed by atoms with E-state index in [2.05, 4.69) is 29.5 Å². The van der Waals surface area contributed by atoms with E-state index in [1.54, 1.807) is 0 Å². The summed E-state index contributed by atoms with van der Waals surface area (Å²) >= 11 is 0. The Morgan fingerprint density at radius 2 is 2.00 bits per heavy atom. The van der Waals surface area contributed by atoms with Crippen LogP contribution in [-0.4, -0.2) is 49.1 Å². The number of hydrogen-bond donors (Lipinski definition) is 2. The van der Waals surface area contributed by atoms with Crippen LogP contribution in [0.2, 0.25) is 0 Å². The molecule has 0 aromatic rings. The second-order valence-corrected chi connectivity index (χ2v) is 5.56. The summed E-state index contributed by atoms with van der Waals surface area (Å²) in [6, 6.07) is 1.00. The van der Waals surface area contributed by atoms with E-state index in [-0.39, 0.29) is 36.8 Å². The van der Waals surface area contributed by atoms with Gasteiger partial charge in [-0.3, -0.25) is 4.79 Å². The first-order valence-corrected chi connectivity index (χ1v) is 6.91. The molecule has 0 bridgehead atoms. The van der Waals surface area contributed by atoms with E-state index >= 15 is 0 Å². The van der Waals surface area contributed by atoms with Gasteiger partial charge in [0.15, 0.2) is 0 Å². The topological polar surface area (TPSA) is 44.4 Å². The molecule has 0 aliphatic carbocycles. The van der Waals surface area contributed by atoms with Crippen molar-refractivity contribution in [3.8, 4) is 0 Å². The van der Waals surface area contributed by atoms with Crippen LogP contribution in [0.1, 0.15) is 39.0 Å². The van der Waals surface area contributed by atoms with Crippen molar-refractivity contribution in [2.75, 3.05) is 20.1 Å². The Hall–Kier alpha value is -0.0300. The van der Waals surface area contributed by atoms with Crippen molar-refractivity contribution in [2.24, 2.45) is 0 Å². The van der Waals surface area contributed by atoms with Crippen LogP contribution in [0.3, 0.4) is 0 Å². The normalized spacial score (nSPS) is 31.8. The van der Waals surface area contributed by atoms with Gasteiger partial charge in [0.05, 0.1) is 6.04 Å². The summed E-state index contributed by atoms with van der Waals surface area (Å²) in [5.74, 6) is 0.214. The number of likely N-dealkylation sites (tertiary alicyclic amines) is 1. The monoisotopic (exact) mass is 311 g/mol. The molecule has 2 fully saturated rings. The lowest BCUT2D eigenvalue weighted by molar-refractivity contribution is -0.124. The van der Waals surface area contributed by atoms with E-state index in [9.17, 15) is 4.79 Å². The molecule has 2 unspecified atom stereocenters. The quantitative estimate of drug-likeness (QED) is 0.813. The minimum absolute atomic E-state index is 0. The number of nitrogens with zero attached hydrogens (tertiary/aromatic N) is 1. The molecule has 4 nitrogen and oxygen atoms in total. The van der Waals surface area contributed by atoms with E-state index in [1.807, 2.05) is 0 Å². The third-order valence-corrected chi connectivity index (χ3v) is 4.18. The number of carbonyl (C=O) groups is 1. The van der Waals surface area contributed by atoms with Gasteiger partial charge in [-0.15, -0.1) is 24.8 Å². The summed E-state index contributed by atoms with van der Waals surface area (Å²) in [5.41, 5.74) is 0. The van der Waals surface area contributed by atoms with Gasteiger partial charge in [-0.1, -0.05) is 6.42 Å². The number of halogens is 2. The molecule has 2 saturated heterocycles. The second-order valence-electron chi connectivity index (χ2n) is 5.56. The molecule has 2 heterocycles. The Labute approximate surface area is 128 Å². The van der Waals surface area contributed by atoms with Gasteiger partial charge in [0.1, 0.15) is 0 Å². The Balaban J connectivity index is 0.00000162. The van der Waals surface area contributed by atoms with Crippen molar-refractivity contribution in [3.63, 3.8) is 0 Å². The molecule has 0 spiro atoms. The van der Waals surface area contributed by atoms with E-state index in [0.717, 1.165) is 32.4 Å². The van der Waals surface area contributed by atoms with Crippen LogP contribution in [0.25, 0.3) is 0 Å². The SMILES string of the molecule is CC1CC(NC(=O)[C@@H]2CCCCN2)CCN1C.Cl.Cl. The lowest BCUT2D eigenvalue weighted by Crippen LogP contribution is -2.53. The van der Waals surface area contributed by atoms with Crippen molar-refractivity contribution < 1.29 is 4.79 Å². The van der Waals surface area contributed by atoms with E-state index < -0.39 is 0 Å². The lowest BCUT2D eigenvalue weighted by atomic mass is 9.97. The fourth-order valence-corrected chi connectivity index (χ4v) is 2.80. The van der Waals surface area contributed by atoms with E-state index in [1.165, 1.54) is 12.8 Å². The molecule has 2 rings (SSSR count). The molecule has 0 aromatic heterocycles. The summed E-state index contributed by atoms with van der Waals surface area (Å²) < 4.78 is 0. The predicted molar refractivity (Wildman–Crippen MR) is 83.4 cm³/mol. The number of carbonyl (C=O) groups excluding carboxylic acids is 1. The highest BCUT2D eigenvalue weighted by atomic mass is 35.5. The van der Waals surface area contributed by atoms with Crippen molar-refractivity contribution in [2.45, 2.75) is 57.2 Å². The summed E-state index contributed by atoms with van der Waals surface area (Å²) in [6.07, 6.45) is 5.53. The summed E-state index contributed by atoms with van der Waals surface area (Å²) in [5, 5.41) is 6.52. The molecule has 0 aromatic carbocycles. The van der Waals surface area contributed by atoms with Crippen LogP contribution in [0.15, 0.2) is 0 Å². The van der Waals surface area contributed by atoms with E-state index in [0.29, 0.717) is 12.1 Å². The molecule has 2 aliphatic heterocycles. The fraction of sp³-hybridized carbons (Fsp3) is 0.923. The smallest absolute Gasteiger partial charge is 0.237 e. The molecule has 114 valence electrons. The number of amides is 1. The first-order valence-electron chi connectivity index (χ1n) is 6.91. The molecule has 0 saturated carbocycles. The highest BCUT2D eigenvalue weighted by Crippen LogP contribution is 2.16. The second kappa shape index (κ2) is 9.01. The van der Waals surface area contributed by atoms with Gasteiger partial charge < -0.3 is 15.5 Å². The summed E-state index contributed by atoms with van der Waals surface area (Å²) in [6.45, 7) is 4.31. The maximum atomic E-state index is 12.1. The van der Waals surface area contributed by atoms with Crippen molar-refractivity contribution in [1.29, 1.82) is 0 Å². The highest BCUT2D eigenvalue weighted by molar-refractivity contribution is 5.85. The van der Waals surface area contributed by atoms with Gasteiger partial charge in [0.2, 0.25) is 5.91 Å². The van der Waals surface area contributed by atoms with Crippen molar-refractivity contribution in [3.05, 3.63) is 0 Å². The number of hydrogen-bond acceptors (Lipinski definition) is 3. The highest BCUT2D eigenvalue weighted by Gasteiger charge is 2.27. The molecule has 1 amide bonds. The summed E-state index contributed by atoms with van der Waals surface area (Å²) in [4.78, 5) is 14.4. The number of rotatable bonds is 2. The largest absolute Gasteiger partial charge is 0.352 e. The number of piperidine rings is 2. The van der Waals surface area contributed by atoms with Gasteiger partial charge in [-0.25, -0.2) is 0 Å². The van der Waals surface area contributed by atoms with E-state index in [4.69, 9.17) is 0 Å². The lowest BCUT2D eigenvalue weighted by Gasteiger charge is -2.36. The average Bonchev–Trinajstić information content (AvgIpc) is 2.35. The molecule has 2 aliphatic rings. The van der Waals surface area contributed by atoms with Gasteiger partial charge in [-0.05, 0) is 46.2 Å². The molecule has 2 N–H and O–H groups in total. The molecule has 6 heteroatoms. The standard InChI is InChI=1S/C13H25N3O.2ClH/c1-10-9-11(6-8-16(10)2)15-13(17)12-5-3-4-7-14-12;;/h10-12,14H,3-9H2,1-2H3,(H,15,17);2*1H/t10?,11?,12-;;/m0../s1. The molecular weight excluding hydrogens is 285 g/mol. The zero-order chi connectivity index (χ0) is 12.3. The Bertz CT molecular complexity index is 273. The molecule has 0 radical (unpaired) electrons. The fourth-order valence-electron chi connectivity index (χ4n) is 2.80. The van der Waals surface area contributed by atoms with Gasteiger partial charge in [0.25, 0.3) is 0 Å². The molecular formula is C13H27Cl2N3O. The first-order chi connectivity index (χ1) is 8.16. The third kappa shape index (κ3) is 5.46. The van der Waals surface area contributed by atoms with Gasteiger partial charge in [0, 0.05) is 18.6 Å². The van der Waals surface area contributed by atoms with Crippen LogP contribution in [0.5, 0.6) is 0 Å². The van der Waals surface area contributed by atoms with Crippen LogP contribution in [0.4, 0.5) is 0 Å². The predicted octanol–water partition coefficient (Wildman–Crippen LogP) is 1.57. The maximum Gasteiger partial charge on any atom is 0.237 e.